The van der Waals surface area contributed by atoms with Gasteiger partial charge in [0, 0.05) is 0 Å². The fraction of sp³-hybridized carbons (Fsp3) is 0.895. The summed E-state index contributed by atoms with van der Waals surface area (Å²) in [5.41, 5.74) is 0. The molecule has 0 fully saturated rings. The monoisotopic (exact) mass is 404 g/mol. The zero-order valence-corrected chi connectivity index (χ0v) is 18.3. The van der Waals surface area contributed by atoms with Gasteiger partial charge in [-0.1, -0.05) is 0 Å². The molecule has 0 aliphatic heterocycles. The molecular formula is C19H40OSn. The molecule has 0 aliphatic carbocycles. The first kappa shape index (κ1) is 21.5. The topological polar surface area (TPSA) is 9.23 Å². The summed E-state index contributed by atoms with van der Waals surface area (Å²) in [6.07, 6.45) is 13.6. The van der Waals surface area contributed by atoms with Gasteiger partial charge in [0.1, 0.15) is 0 Å². The summed E-state index contributed by atoms with van der Waals surface area (Å²) in [5.74, 6) is 0. The first-order valence-electron chi connectivity index (χ1n) is 9.40. The summed E-state index contributed by atoms with van der Waals surface area (Å²) in [5, 5.41) is 0. The van der Waals surface area contributed by atoms with Crippen molar-refractivity contribution in [3.05, 3.63) is 10.2 Å². The van der Waals surface area contributed by atoms with E-state index in [-0.39, 0.29) is 0 Å². The van der Waals surface area contributed by atoms with Crippen LogP contribution in [0.1, 0.15) is 79.1 Å². The third-order valence-corrected chi connectivity index (χ3v) is 18.7. The zero-order chi connectivity index (χ0) is 16.0. The molecule has 0 unspecified atom stereocenters. The Balaban J connectivity index is 4.94. The van der Waals surface area contributed by atoms with Crippen LogP contribution in [-0.4, -0.2) is 31.6 Å². The van der Waals surface area contributed by atoms with Crippen LogP contribution in [0.2, 0.25) is 13.3 Å². The van der Waals surface area contributed by atoms with Crippen LogP contribution in [0.5, 0.6) is 0 Å². The van der Waals surface area contributed by atoms with Gasteiger partial charge in [-0.15, -0.1) is 0 Å². The van der Waals surface area contributed by atoms with Gasteiger partial charge in [0.2, 0.25) is 0 Å². The molecule has 0 bridgehead atoms. The van der Waals surface area contributed by atoms with Gasteiger partial charge in [0.05, 0.1) is 0 Å². The van der Waals surface area contributed by atoms with Crippen LogP contribution in [0.15, 0.2) is 10.2 Å². The van der Waals surface area contributed by atoms with Gasteiger partial charge in [-0.05, 0) is 0 Å². The van der Waals surface area contributed by atoms with Crippen LogP contribution in [-0.2, 0) is 4.74 Å². The molecule has 0 N–H and O–H groups in total. The molecule has 0 aliphatic rings. The van der Waals surface area contributed by atoms with Gasteiger partial charge in [0.15, 0.2) is 0 Å². The second-order valence-electron chi connectivity index (χ2n) is 6.59. The summed E-state index contributed by atoms with van der Waals surface area (Å²) in [7, 11) is 1.87. The average Bonchev–Trinajstić information content (AvgIpc) is 2.52. The number of rotatable bonds is 14. The molecule has 0 spiro atoms. The Hall–Kier alpha value is 0.499. The van der Waals surface area contributed by atoms with Gasteiger partial charge in [-0.2, -0.15) is 0 Å². The van der Waals surface area contributed by atoms with Crippen LogP contribution in [0.25, 0.3) is 0 Å². The minimum atomic E-state index is -2.07. The van der Waals surface area contributed by atoms with E-state index in [0.717, 1.165) is 0 Å². The van der Waals surface area contributed by atoms with E-state index in [0.29, 0.717) is 6.10 Å². The van der Waals surface area contributed by atoms with Crippen molar-refractivity contribution < 1.29 is 4.74 Å². The van der Waals surface area contributed by atoms with Gasteiger partial charge >= 0.3 is 139 Å². The van der Waals surface area contributed by atoms with Crippen molar-refractivity contribution in [3.8, 4) is 0 Å². The first-order chi connectivity index (χ1) is 10.2. The molecule has 0 radical (unpaired) electrons. The molecule has 0 aromatic heterocycles. The molecule has 0 aromatic rings. The molecule has 0 saturated carbocycles. The Labute approximate surface area is 138 Å². The summed E-state index contributed by atoms with van der Waals surface area (Å²) in [4.78, 5) is 0. The van der Waals surface area contributed by atoms with Crippen LogP contribution < -0.4 is 0 Å². The van der Waals surface area contributed by atoms with Gasteiger partial charge in [-0.25, -0.2) is 0 Å². The molecular weight excluding hydrogens is 363 g/mol. The van der Waals surface area contributed by atoms with Crippen molar-refractivity contribution in [1.82, 2.24) is 0 Å². The molecule has 0 aromatic carbocycles. The minimum absolute atomic E-state index is 0.357. The molecule has 0 amide bonds. The van der Waals surface area contributed by atoms with Crippen molar-refractivity contribution in [2.75, 3.05) is 7.11 Å². The second-order valence-corrected chi connectivity index (χ2v) is 19.6. The van der Waals surface area contributed by atoms with E-state index in [4.69, 9.17) is 4.74 Å². The Morgan fingerprint density at radius 2 is 1.29 bits per heavy atom. The van der Waals surface area contributed by atoms with Crippen LogP contribution in [0.4, 0.5) is 0 Å². The fourth-order valence-corrected chi connectivity index (χ4v) is 17.5. The number of hydrogen-bond donors (Lipinski definition) is 0. The van der Waals surface area contributed by atoms with Crippen molar-refractivity contribution >= 4 is 18.4 Å². The molecule has 0 saturated heterocycles. The van der Waals surface area contributed by atoms with E-state index in [1.807, 2.05) is 7.11 Å². The maximum atomic E-state index is 5.65. The maximum absolute atomic E-state index is 5.65. The first-order valence-corrected chi connectivity index (χ1v) is 17.1. The predicted molar refractivity (Wildman–Crippen MR) is 99.7 cm³/mol. The van der Waals surface area contributed by atoms with Gasteiger partial charge < -0.3 is 0 Å². The second kappa shape index (κ2) is 14.1. The van der Waals surface area contributed by atoms with E-state index in [9.17, 15) is 0 Å². The average molecular weight is 403 g/mol. The van der Waals surface area contributed by atoms with Gasteiger partial charge in [-0.3, -0.25) is 0 Å². The van der Waals surface area contributed by atoms with Gasteiger partial charge in [0.25, 0.3) is 0 Å². The van der Waals surface area contributed by atoms with E-state index in [2.05, 4.69) is 37.9 Å². The molecule has 1 atom stereocenters. The Morgan fingerprint density at radius 1 is 0.810 bits per heavy atom. The molecule has 0 heterocycles. The number of unbranched alkanes of at least 4 members (excludes halogenated alkanes) is 3. The van der Waals surface area contributed by atoms with Crippen LogP contribution >= 0.6 is 0 Å². The van der Waals surface area contributed by atoms with E-state index in [1.54, 1.807) is 13.3 Å². The summed E-state index contributed by atoms with van der Waals surface area (Å²) < 4.78 is 13.1. The normalized spacial score (nSPS) is 14.0. The Bertz CT molecular complexity index is 228. The van der Waals surface area contributed by atoms with E-state index in [1.165, 1.54) is 51.4 Å². The van der Waals surface area contributed by atoms with Crippen molar-refractivity contribution in [2.24, 2.45) is 0 Å². The van der Waals surface area contributed by atoms with Crippen LogP contribution in [0, 0.1) is 0 Å². The zero-order valence-electron chi connectivity index (χ0n) is 15.4. The molecule has 0 rings (SSSR count). The summed E-state index contributed by atoms with van der Waals surface area (Å²) in [6.45, 7) is 9.28. The van der Waals surface area contributed by atoms with E-state index >= 15 is 0 Å². The van der Waals surface area contributed by atoms with Crippen molar-refractivity contribution in [3.63, 3.8) is 0 Å². The summed E-state index contributed by atoms with van der Waals surface area (Å²) >= 11 is -2.07. The molecule has 21 heavy (non-hydrogen) atoms. The third kappa shape index (κ3) is 9.99. The summed E-state index contributed by atoms with van der Waals surface area (Å²) in [6, 6.07) is 0. The van der Waals surface area contributed by atoms with Crippen molar-refractivity contribution in [2.45, 2.75) is 98.5 Å². The van der Waals surface area contributed by atoms with E-state index < -0.39 is 18.4 Å². The molecule has 1 nitrogen and oxygen atoms in total. The van der Waals surface area contributed by atoms with Crippen molar-refractivity contribution in [1.29, 1.82) is 0 Å². The molecule has 2 heteroatoms. The fourth-order valence-electron chi connectivity index (χ4n) is 3.10. The quantitative estimate of drug-likeness (QED) is 0.292. The number of hydrogen-bond acceptors (Lipinski definition) is 1. The Kier molecular flexibility index (Phi) is 14.4. The standard InChI is InChI=1S/C7H13O.3C4H9.Sn/c1-4-6-7(5-2)8-3;3*1-3-4-2;/h2,5,7H,4,6H2,1,3H3;3*1,3-4H2,2H3;/t7-;;;;/m0..../s1. The SMILES string of the molecule is CCC[CH2][Sn]([CH]=C[C@@H](CCC)OC)([CH2]CCC)[CH2]CCC. The predicted octanol–water partition coefficient (Wildman–Crippen LogP) is 6.75. The number of methoxy groups -OCH3 is 1. The number of ether oxygens (including phenoxy) is 1. The van der Waals surface area contributed by atoms with Crippen LogP contribution in [0.3, 0.4) is 0 Å². The Morgan fingerprint density at radius 3 is 1.62 bits per heavy atom. The molecule has 126 valence electrons. The third-order valence-electron chi connectivity index (χ3n) is 4.63.